The fourth-order valence-corrected chi connectivity index (χ4v) is 2.73. The zero-order valence-electron chi connectivity index (χ0n) is 17.7. The molecule has 0 fully saturated rings. The van der Waals surface area contributed by atoms with E-state index < -0.39 is 35.3 Å². The van der Waals surface area contributed by atoms with Crippen LogP contribution in [0.3, 0.4) is 0 Å². The van der Waals surface area contributed by atoms with E-state index in [-0.39, 0.29) is 13.0 Å². The fourth-order valence-electron chi connectivity index (χ4n) is 2.73. The Bertz CT molecular complexity index is 897. The lowest BCUT2D eigenvalue weighted by molar-refractivity contribution is -0.159. The van der Waals surface area contributed by atoms with E-state index in [0.717, 1.165) is 0 Å². The van der Waals surface area contributed by atoms with Crippen molar-refractivity contribution in [3.8, 4) is 0 Å². The minimum atomic E-state index is -4.34. The summed E-state index contributed by atoms with van der Waals surface area (Å²) >= 11 is 0. The molecule has 31 heavy (non-hydrogen) atoms. The maximum Gasteiger partial charge on any atom is 0.408 e. The Hall–Kier alpha value is -3.29. The number of nitrogens with one attached hydrogen (secondary N) is 2. The number of alkyl halides is 2. The summed E-state index contributed by atoms with van der Waals surface area (Å²) in [5.41, 5.74) is 0.254. The van der Waals surface area contributed by atoms with Crippen LogP contribution in [0.25, 0.3) is 0 Å². The van der Waals surface area contributed by atoms with Gasteiger partial charge in [0.1, 0.15) is 11.6 Å². The molecule has 0 aliphatic carbocycles. The molecule has 0 aliphatic rings. The second-order valence-corrected chi connectivity index (χ2v) is 8.00. The first-order valence-corrected chi connectivity index (χ1v) is 9.77. The Balaban J connectivity index is 2.16. The number of ketones is 1. The van der Waals surface area contributed by atoms with Gasteiger partial charge in [-0.2, -0.15) is 8.78 Å². The molecule has 166 valence electrons. The molecule has 1 atom stereocenters. The summed E-state index contributed by atoms with van der Waals surface area (Å²) in [5, 5.41) is 4.26. The van der Waals surface area contributed by atoms with Crippen LogP contribution in [0.4, 0.5) is 13.6 Å². The molecule has 0 unspecified atom stereocenters. The monoisotopic (exact) mass is 432 g/mol. The van der Waals surface area contributed by atoms with Crippen LogP contribution in [0.2, 0.25) is 0 Å². The third-order valence-electron chi connectivity index (χ3n) is 4.18. The summed E-state index contributed by atoms with van der Waals surface area (Å²) in [6.07, 6.45) is -1.25. The average molecular weight is 432 g/mol. The molecule has 2 N–H and O–H groups in total. The highest BCUT2D eigenvalue weighted by Crippen LogP contribution is 2.20. The largest absolute Gasteiger partial charge is 0.444 e. The van der Waals surface area contributed by atoms with Crippen molar-refractivity contribution in [2.45, 2.75) is 51.3 Å². The molecular formula is C23H26F2N2O4. The molecule has 8 heteroatoms. The molecule has 0 aromatic heterocycles. The molecule has 0 aliphatic heterocycles. The highest BCUT2D eigenvalue weighted by Gasteiger charge is 2.50. The van der Waals surface area contributed by atoms with Crippen LogP contribution in [0.1, 0.15) is 31.9 Å². The van der Waals surface area contributed by atoms with Crippen molar-refractivity contribution in [3.05, 3.63) is 71.8 Å². The summed E-state index contributed by atoms with van der Waals surface area (Å²) in [7, 11) is 0. The van der Waals surface area contributed by atoms with Crippen molar-refractivity contribution in [1.29, 1.82) is 0 Å². The number of alkyl carbamates (subject to hydrolysis) is 1. The normalized spacial score (nSPS) is 12.5. The molecule has 2 amide bonds. The van der Waals surface area contributed by atoms with Crippen LogP contribution in [0, 0.1) is 0 Å². The quantitative estimate of drug-likeness (QED) is 0.624. The van der Waals surface area contributed by atoms with Crippen molar-refractivity contribution < 1.29 is 27.9 Å². The third-order valence-corrected chi connectivity index (χ3v) is 4.18. The molecule has 2 aromatic carbocycles. The van der Waals surface area contributed by atoms with E-state index in [0.29, 0.717) is 11.1 Å². The Morgan fingerprint density at radius 3 is 1.94 bits per heavy atom. The number of ether oxygens (including phenoxy) is 1. The van der Waals surface area contributed by atoms with Gasteiger partial charge in [-0.3, -0.25) is 9.59 Å². The van der Waals surface area contributed by atoms with Gasteiger partial charge in [-0.1, -0.05) is 60.7 Å². The maximum atomic E-state index is 14.7. The van der Waals surface area contributed by atoms with Gasteiger partial charge in [-0.05, 0) is 31.9 Å². The average Bonchev–Trinajstić information content (AvgIpc) is 2.71. The lowest BCUT2D eigenvalue weighted by Gasteiger charge is -2.25. The molecule has 0 heterocycles. The fraction of sp³-hybridized carbons (Fsp3) is 0.348. The predicted octanol–water partition coefficient (Wildman–Crippen LogP) is 3.64. The zero-order chi connectivity index (χ0) is 23.1. The Kier molecular flexibility index (Phi) is 7.85. The van der Waals surface area contributed by atoms with Crippen LogP contribution in [0.5, 0.6) is 0 Å². The minimum absolute atomic E-state index is 0.161. The van der Waals surface area contributed by atoms with E-state index in [9.17, 15) is 23.2 Å². The number of Topliss-reactive ketones (excluding diaryl/α,β-unsaturated/α-hetero) is 1. The summed E-state index contributed by atoms with van der Waals surface area (Å²) in [6, 6.07) is 15.1. The van der Waals surface area contributed by atoms with Crippen molar-refractivity contribution in [1.82, 2.24) is 10.6 Å². The van der Waals surface area contributed by atoms with Gasteiger partial charge in [0, 0.05) is 13.0 Å². The Labute approximate surface area is 180 Å². The van der Waals surface area contributed by atoms with Crippen LogP contribution in [0.15, 0.2) is 60.7 Å². The molecule has 0 bridgehead atoms. The number of hydrogen-bond donors (Lipinski definition) is 2. The lowest BCUT2D eigenvalue weighted by atomic mass is 9.98. The van der Waals surface area contributed by atoms with Crippen molar-refractivity contribution in [2.24, 2.45) is 0 Å². The summed E-state index contributed by atoms with van der Waals surface area (Å²) in [5.74, 6) is -7.79. The number of amides is 2. The lowest BCUT2D eigenvalue weighted by Crippen LogP contribution is -2.55. The van der Waals surface area contributed by atoms with Crippen LogP contribution >= 0.6 is 0 Å². The maximum absolute atomic E-state index is 14.7. The predicted molar refractivity (Wildman–Crippen MR) is 112 cm³/mol. The zero-order valence-corrected chi connectivity index (χ0v) is 17.7. The van der Waals surface area contributed by atoms with Gasteiger partial charge in [-0.25, -0.2) is 4.79 Å². The van der Waals surface area contributed by atoms with Crippen LogP contribution in [-0.4, -0.2) is 35.3 Å². The first-order chi connectivity index (χ1) is 14.5. The highest BCUT2D eigenvalue weighted by atomic mass is 19.3. The molecule has 6 nitrogen and oxygen atoms in total. The smallest absolute Gasteiger partial charge is 0.408 e. The van der Waals surface area contributed by atoms with Crippen LogP contribution < -0.4 is 10.6 Å². The molecular weight excluding hydrogens is 406 g/mol. The van der Waals surface area contributed by atoms with E-state index in [4.69, 9.17) is 4.74 Å². The summed E-state index contributed by atoms with van der Waals surface area (Å²) in [4.78, 5) is 36.9. The first-order valence-electron chi connectivity index (χ1n) is 9.77. The van der Waals surface area contributed by atoms with E-state index in [1.807, 2.05) is 0 Å². The van der Waals surface area contributed by atoms with E-state index >= 15 is 0 Å². The molecule has 0 spiro atoms. The second-order valence-electron chi connectivity index (χ2n) is 8.00. The second kappa shape index (κ2) is 10.1. The number of carbonyl (C=O) groups is 3. The summed E-state index contributed by atoms with van der Waals surface area (Å²) < 4.78 is 34.5. The Morgan fingerprint density at radius 1 is 0.903 bits per heavy atom. The van der Waals surface area contributed by atoms with Crippen molar-refractivity contribution >= 4 is 17.8 Å². The van der Waals surface area contributed by atoms with Gasteiger partial charge in [0.05, 0.1) is 0 Å². The van der Waals surface area contributed by atoms with E-state index in [1.165, 1.54) is 0 Å². The third kappa shape index (κ3) is 7.47. The van der Waals surface area contributed by atoms with Crippen LogP contribution in [-0.2, 0) is 27.3 Å². The number of benzene rings is 2. The first kappa shape index (κ1) is 24.0. The van der Waals surface area contributed by atoms with Gasteiger partial charge in [0.2, 0.25) is 5.78 Å². The topological polar surface area (TPSA) is 84.5 Å². The van der Waals surface area contributed by atoms with Gasteiger partial charge in [0.25, 0.3) is 5.91 Å². The molecule has 2 aromatic rings. The molecule has 2 rings (SSSR count). The van der Waals surface area contributed by atoms with Gasteiger partial charge < -0.3 is 15.4 Å². The van der Waals surface area contributed by atoms with Crippen molar-refractivity contribution in [3.63, 3.8) is 0 Å². The van der Waals surface area contributed by atoms with E-state index in [1.54, 1.807) is 81.4 Å². The number of hydrogen-bond acceptors (Lipinski definition) is 4. The Morgan fingerprint density at radius 2 is 1.42 bits per heavy atom. The molecule has 0 radical (unpaired) electrons. The molecule has 0 saturated carbocycles. The molecule has 0 saturated heterocycles. The number of rotatable bonds is 8. The standard InChI is InChI=1S/C23H26F2N2O4/c1-22(2,3)31-21(30)27-18(14-16-10-6-4-7-11-16)19(28)23(24,25)20(29)26-15-17-12-8-5-9-13-17/h4-13,18H,14-15H2,1-3H3,(H,26,29)(H,27,30)/t18-/m0/s1. The van der Waals surface area contributed by atoms with Gasteiger partial charge in [-0.15, -0.1) is 0 Å². The number of halogens is 2. The van der Waals surface area contributed by atoms with Crippen molar-refractivity contribution in [2.75, 3.05) is 0 Å². The SMILES string of the molecule is CC(C)(C)OC(=O)N[C@@H](Cc1ccccc1)C(=O)C(F)(F)C(=O)NCc1ccccc1. The number of carbonyl (C=O) groups excluding carboxylic acids is 3. The minimum Gasteiger partial charge on any atom is -0.444 e. The summed E-state index contributed by atoms with van der Waals surface area (Å²) in [6.45, 7) is 4.65. The van der Waals surface area contributed by atoms with E-state index in [2.05, 4.69) is 10.6 Å². The highest BCUT2D eigenvalue weighted by molar-refractivity contribution is 6.10. The van der Waals surface area contributed by atoms with Gasteiger partial charge in [0.15, 0.2) is 0 Å². The van der Waals surface area contributed by atoms with Gasteiger partial charge >= 0.3 is 12.0 Å².